The van der Waals surface area contributed by atoms with Gasteiger partial charge in [-0.25, -0.2) is 4.39 Å². The van der Waals surface area contributed by atoms with Gasteiger partial charge in [-0.1, -0.05) is 22.9 Å². The quantitative estimate of drug-likeness (QED) is 0.804. The van der Waals surface area contributed by atoms with Crippen LogP contribution in [0, 0.1) is 5.82 Å². The number of hydrogen-bond donors (Lipinski definition) is 1. The normalized spacial score (nSPS) is 10.3. The lowest BCUT2D eigenvalue weighted by molar-refractivity contribution is 0.144. The second-order valence-corrected chi connectivity index (χ2v) is 4.11. The summed E-state index contributed by atoms with van der Waals surface area (Å²) in [5, 5.41) is 3.09. The minimum absolute atomic E-state index is 0.249. The smallest absolute Gasteiger partial charge is 0.126 e. The largest absolute Gasteiger partial charge is 0.383 e. The minimum Gasteiger partial charge on any atom is -0.383 e. The van der Waals surface area contributed by atoms with E-state index in [-0.39, 0.29) is 5.82 Å². The van der Waals surface area contributed by atoms with Crippen molar-refractivity contribution in [2.24, 2.45) is 0 Å². The van der Waals surface area contributed by atoms with Crippen LogP contribution >= 0.6 is 15.9 Å². The molecule has 84 valence electrons. The highest BCUT2D eigenvalue weighted by Crippen LogP contribution is 2.18. The molecule has 0 aliphatic rings. The van der Waals surface area contributed by atoms with Crippen molar-refractivity contribution in [1.29, 1.82) is 0 Å². The third kappa shape index (κ3) is 5.14. The van der Waals surface area contributed by atoms with E-state index in [4.69, 9.17) is 4.74 Å². The summed E-state index contributed by atoms with van der Waals surface area (Å²) in [6.45, 7) is 4.17. The Labute approximate surface area is 98.0 Å². The third-order valence-electron chi connectivity index (χ3n) is 1.79. The summed E-state index contributed by atoms with van der Waals surface area (Å²) in [6, 6.07) is 4.73. The summed E-state index contributed by atoms with van der Waals surface area (Å²) in [6.07, 6.45) is 1.02. The van der Waals surface area contributed by atoms with Gasteiger partial charge in [0.05, 0.1) is 6.61 Å². The fraction of sp³-hybridized carbons (Fsp3) is 0.455. The maximum absolute atomic E-state index is 13.0. The Hall–Kier alpha value is -0.610. The van der Waals surface area contributed by atoms with Gasteiger partial charge < -0.3 is 10.1 Å². The second kappa shape index (κ2) is 6.80. The lowest BCUT2D eigenvalue weighted by Gasteiger charge is -2.07. The molecular formula is C11H15BrFNO. The van der Waals surface area contributed by atoms with Gasteiger partial charge in [0.1, 0.15) is 5.82 Å². The van der Waals surface area contributed by atoms with Gasteiger partial charge in [-0.2, -0.15) is 0 Å². The Morgan fingerprint density at radius 1 is 1.33 bits per heavy atom. The standard InChI is InChI=1S/C11H15BrFNO/c1-2-4-15-5-3-14-11-7-9(12)6-10(13)8-11/h6-8,14H,2-5H2,1H3. The average Bonchev–Trinajstić information content (AvgIpc) is 2.16. The van der Waals surface area contributed by atoms with E-state index < -0.39 is 0 Å². The van der Waals surface area contributed by atoms with Crippen molar-refractivity contribution < 1.29 is 9.13 Å². The molecule has 0 saturated heterocycles. The molecule has 0 unspecified atom stereocenters. The number of benzene rings is 1. The minimum atomic E-state index is -0.249. The summed E-state index contributed by atoms with van der Waals surface area (Å²) >= 11 is 3.24. The van der Waals surface area contributed by atoms with Gasteiger partial charge in [-0.15, -0.1) is 0 Å². The Bertz CT molecular complexity index is 286. The van der Waals surface area contributed by atoms with E-state index in [1.807, 2.05) is 6.07 Å². The first-order chi connectivity index (χ1) is 7.22. The van der Waals surface area contributed by atoms with Crippen LogP contribution in [-0.4, -0.2) is 19.8 Å². The fourth-order valence-electron chi connectivity index (χ4n) is 1.17. The molecule has 0 bridgehead atoms. The average molecular weight is 276 g/mol. The Morgan fingerprint density at radius 2 is 2.13 bits per heavy atom. The van der Waals surface area contributed by atoms with Crippen molar-refractivity contribution >= 4 is 21.6 Å². The predicted octanol–water partition coefficient (Wildman–Crippen LogP) is 3.43. The molecule has 0 aliphatic heterocycles. The molecular weight excluding hydrogens is 261 g/mol. The third-order valence-corrected chi connectivity index (χ3v) is 2.24. The van der Waals surface area contributed by atoms with Crippen LogP contribution in [-0.2, 0) is 4.74 Å². The van der Waals surface area contributed by atoms with E-state index in [9.17, 15) is 4.39 Å². The molecule has 1 aromatic rings. The van der Waals surface area contributed by atoms with E-state index in [1.165, 1.54) is 12.1 Å². The second-order valence-electron chi connectivity index (χ2n) is 3.20. The molecule has 0 fully saturated rings. The van der Waals surface area contributed by atoms with E-state index in [0.717, 1.165) is 23.2 Å². The summed E-state index contributed by atoms with van der Waals surface area (Å²) in [5.74, 6) is -0.249. The van der Waals surface area contributed by atoms with Gasteiger partial charge in [0, 0.05) is 23.3 Å². The number of halogens is 2. The SMILES string of the molecule is CCCOCCNc1cc(F)cc(Br)c1. The zero-order valence-corrected chi connectivity index (χ0v) is 10.3. The molecule has 1 N–H and O–H groups in total. The maximum Gasteiger partial charge on any atom is 0.126 e. The molecule has 0 heterocycles. The molecule has 0 aliphatic carbocycles. The number of anilines is 1. The van der Waals surface area contributed by atoms with E-state index in [0.29, 0.717) is 13.2 Å². The number of hydrogen-bond acceptors (Lipinski definition) is 2. The lowest BCUT2D eigenvalue weighted by Crippen LogP contribution is -2.09. The van der Waals surface area contributed by atoms with Gasteiger partial charge in [0.2, 0.25) is 0 Å². The Morgan fingerprint density at radius 3 is 2.80 bits per heavy atom. The zero-order valence-electron chi connectivity index (χ0n) is 8.72. The topological polar surface area (TPSA) is 21.3 Å². The maximum atomic E-state index is 13.0. The van der Waals surface area contributed by atoms with Gasteiger partial charge in [0.15, 0.2) is 0 Å². The van der Waals surface area contributed by atoms with Crippen LogP contribution in [0.3, 0.4) is 0 Å². The van der Waals surface area contributed by atoms with E-state index in [2.05, 4.69) is 28.2 Å². The highest BCUT2D eigenvalue weighted by atomic mass is 79.9. The molecule has 0 amide bonds. The first kappa shape index (κ1) is 12.5. The van der Waals surface area contributed by atoms with Gasteiger partial charge in [-0.3, -0.25) is 0 Å². The van der Waals surface area contributed by atoms with Crippen molar-refractivity contribution in [3.8, 4) is 0 Å². The van der Waals surface area contributed by atoms with Crippen molar-refractivity contribution in [1.82, 2.24) is 0 Å². The molecule has 1 aromatic carbocycles. The van der Waals surface area contributed by atoms with Crippen LogP contribution < -0.4 is 5.32 Å². The van der Waals surface area contributed by atoms with Crippen LogP contribution in [0.1, 0.15) is 13.3 Å². The molecule has 0 saturated carbocycles. The number of nitrogens with one attached hydrogen (secondary N) is 1. The fourth-order valence-corrected chi connectivity index (χ4v) is 1.64. The van der Waals surface area contributed by atoms with Crippen LogP contribution in [0.25, 0.3) is 0 Å². The van der Waals surface area contributed by atoms with E-state index >= 15 is 0 Å². The molecule has 4 heteroatoms. The van der Waals surface area contributed by atoms with Crippen LogP contribution in [0.4, 0.5) is 10.1 Å². The van der Waals surface area contributed by atoms with Gasteiger partial charge in [0.25, 0.3) is 0 Å². The molecule has 1 rings (SSSR count). The highest BCUT2D eigenvalue weighted by Gasteiger charge is 1.97. The van der Waals surface area contributed by atoms with Crippen molar-refractivity contribution in [3.63, 3.8) is 0 Å². The Balaban J connectivity index is 2.31. The van der Waals surface area contributed by atoms with Crippen molar-refractivity contribution in [3.05, 3.63) is 28.5 Å². The lowest BCUT2D eigenvalue weighted by atomic mass is 10.3. The number of ether oxygens (including phenoxy) is 1. The van der Waals surface area contributed by atoms with Crippen molar-refractivity contribution in [2.45, 2.75) is 13.3 Å². The molecule has 0 atom stereocenters. The van der Waals surface area contributed by atoms with Crippen LogP contribution in [0.2, 0.25) is 0 Å². The number of rotatable bonds is 6. The summed E-state index contributed by atoms with van der Waals surface area (Å²) in [7, 11) is 0. The molecule has 0 aromatic heterocycles. The van der Waals surface area contributed by atoms with Gasteiger partial charge >= 0.3 is 0 Å². The van der Waals surface area contributed by atoms with Crippen LogP contribution in [0.15, 0.2) is 22.7 Å². The molecule has 0 radical (unpaired) electrons. The highest BCUT2D eigenvalue weighted by molar-refractivity contribution is 9.10. The first-order valence-electron chi connectivity index (χ1n) is 5.00. The molecule has 15 heavy (non-hydrogen) atoms. The monoisotopic (exact) mass is 275 g/mol. The van der Waals surface area contributed by atoms with Crippen molar-refractivity contribution in [2.75, 3.05) is 25.1 Å². The summed E-state index contributed by atoms with van der Waals surface area (Å²) in [4.78, 5) is 0. The first-order valence-corrected chi connectivity index (χ1v) is 5.79. The predicted molar refractivity (Wildman–Crippen MR) is 63.7 cm³/mol. The molecule has 2 nitrogen and oxygen atoms in total. The molecule has 0 spiro atoms. The van der Waals surface area contributed by atoms with Crippen LogP contribution in [0.5, 0.6) is 0 Å². The summed E-state index contributed by atoms with van der Waals surface area (Å²) < 4.78 is 19.0. The summed E-state index contributed by atoms with van der Waals surface area (Å²) in [5.41, 5.74) is 0.766. The Kier molecular flexibility index (Phi) is 5.65. The van der Waals surface area contributed by atoms with Gasteiger partial charge in [-0.05, 0) is 24.6 Å². The zero-order chi connectivity index (χ0) is 11.1. The van der Waals surface area contributed by atoms with E-state index in [1.54, 1.807) is 0 Å².